The number of carboxylic acid groups (broad SMARTS) is 1. The number of nitrogens with zero attached hydrogens (tertiary/aromatic N) is 2. The Morgan fingerprint density at radius 3 is 2.64 bits per heavy atom. The molecule has 0 atom stereocenters. The minimum Gasteiger partial charge on any atom is -0.481 e. The number of unbranched alkanes of at least 4 members (excludes halogenated alkanes) is 1. The van der Waals surface area contributed by atoms with Crippen LogP contribution in [0.25, 0.3) is 0 Å². The Bertz CT molecular complexity index is 227. The van der Waals surface area contributed by atoms with Gasteiger partial charge in [-0.1, -0.05) is 0 Å². The van der Waals surface area contributed by atoms with E-state index in [0.29, 0.717) is 6.42 Å². The van der Waals surface area contributed by atoms with E-state index in [4.69, 9.17) is 10.4 Å². The molecule has 0 aromatic heterocycles. The Hall–Kier alpha value is -1.08. The van der Waals surface area contributed by atoms with Gasteiger partial charge in [-0.15, -0.1) is 0 Å². The van der Waals surface area contributed by atoms with Gasteiger partial charge in [0.2, 0.25) is 0 Å². The van der Waals surface area contributed by atoms with Crippen LogP contribution in [0, 0.1) is 17.2 Å². The van der Waals surface area contributed by atoms with Gasteiger partial charge in [-0.25, -0.2) is 0 Å². The molecule has 0 radical (unpaired) electrons. The lowest BCUT2D eigenvalue weighted by Crippen LogP contribution is -2.36. The lowest BCUT2D eigenvalue weighted by Gasteiger charge is -2.29. The van der Waals surface area contributed by atoms with E-state index in [1.165, 1.54) is 0 Å². The van der Waals surface area contributed by atoms with Gasteiger partial charge in [0.1, 0.15) is 0 Å². The summed E-state index contributed by atoms with van der Waals surface area (Å²) in [5, 5.41) is 17.1. The maximum atomic E-state index is 10.7. The van der Waals surface area contributed by atoms with Crippen molar-refractivity contribution in [2.75, 3.05) is 19.6 Å². The summed E-state index contributed by atoms with van der Waals surface area (Å²) in [6.07, 6.45) is 3.00. The second kappa shape index (κ2) is 5.61. The topological polar surface area (TPSA) is 64.3 Å². The fourth-order valence-corrected chi connectivity index (χ4v) is 1.79. The van der Waals surface area contributed by atoms with Crippen LogP contribution in [-0.2, 0) is 4.79 Å². The first-order valence-corrected chi connectivity index (χ1v) is 5.06. The van der Waals surface area contributed by atoms with Gasteiger partial charge in [0.25, 0.3) is 0 Å². The molecule has 1 N–H and O–H groups in total. The lowest BCUT2D eigenvalue weighted by atomic mass is 9.97. The minimum absolute atomic E-state index is 0.151. The van der Waals surface area contributed by atoms with E-state index in [2.05, 4.69) is 11.0 Å². The highest BCUT2D eigenvalue weighted by atomic mass is 16.4. The van der Waals surface area contributed by atoms with Crippen LogP contribution in [0.4, 0.5) is 0 Å². The van der Waals surface area contributed by atoms with Crippen molar-refractivity contribution < 1.29 is 9.90 Å². The van der Waals surface area contributed by atoms with E-state index in [9.17, 15) is 4.79 Å². The number of nitriles is 1. The summed E-state index contributed by atoms with van der Waals surface area (Å²) < 4.78 is 0. The van der Waals surface area contributed by atoms with E-state index in [-0.39, 0.29) is 5.92 Å². The molecule has 1 heterocycles. The molecule has 0 spiro atoms. The Labute approximate surface area is 84.1 Å². The summed E-state index contributed by atoms with van der Waals surface area (Å²) in [5.41, 5.74) is 0. The lowest BCUT2D eigenvalue weighted by molar-refractivity contribution is -0.143. The van der Waals surface area contributed by atoms with Crippen LogP contribution in [0.1, 0.15) is 25.7 Å². The van der Waals surface area contributed by atoms with Gasteiger partial charge in [0.15, 0.2) is 0 Å². The third kappa shape index (κ3) is 3.35. The second-order valence-electron chi connectivity index (χ2n) is 3.72. The molecule has 0 saturated carbocycles. The molecular weight excluding hydrogens is 180 g/mol. The van der Waals surface area contributed by atoms with Crippen molar-refractivity contribution in [3.05, 3.63) is 0 Å². The highest BCUT2D eigenvalue weighted by Gasteiger charge is 2.23. The summed E-state index contributed by atoms with van der Waals surface area (Å²) in [6.45, 7) is 2.66. The monoisotopic (exact) mass is 196 g/mol. The molecule has 1 aliphatic rings. The third-order valence-electron chi connectivity index (χ3n) is 2.70. The number of aliphatic carboxylic acids is 1. The number of piperidine rings is 1. The summed E-state index contributed by atoms with van der Waals surface area (Å²) in [5.74, 6) is -0.816. The van der Waals surface area contributed by atoms with Gasteiger partial charge in [-0.05, 0) is 38.9 Å². The van der Waals surface area contributed by atoms with E-state index in [1.54, 1.807) is 0 Å². The number of carbonyl (C=O) groups is 1. The third-order valence-corrected chi connectivity index (χ3v) is 2.70. The SMILES string of the molecule is N#CCCCN1CCC(C(=O)O)CC1. The maximum absolute atomic E-state index is 10.7. The second-order valence-corrected chi connectivity index (χ2v) is 3.72. The molecule has 1 fully saturated rings. The Morgan fingerprint density at radius 2 is 2.14 bits per heavy atom. The number of rotatable bonds is 4. The first-order valence-electron chi connectivity index (χ1n) is 5.06. The molecule has 4 heteroatoms. The zero-order valence-corrected chi connectivity index (χ0v) is 8.28. The van der Waals surface area contributed by atoms with Crippen LogP contribution < -0.4 is 0 Å². The van der Waals surface area contributed by atoms with Gasteiger partial charge in [0.05, 0.1) is 12.0 Å². The van der Waals surface area contributed by atoms with Gasteiger partial charge >= 0.3 is 5.97 Å². The van der Waals surface area contributed by atoms with Gasteiger partial charge in [0, 0.05) is 6.42 Å². The van der Waals surface area contributed by atoms with E-state index >= 15 is 0 Å². The van der Waals surface area contributed by atoms with Crippen molar-refractivity contribution in [2.45, 2.75) is 25.7 Å². The fourth-order valence-electron chi connectivity index (χ4n) is 1.79. The molecule has 0 aliphatic carbocycles. The molecule has 0 unspecified atom stereocenters. The standard InChI is InChI=1S/C10H16N2O2/c11-5-1-2-6-12-7-3-9(4-8-12)10(13)14/h9H,1-4,6-8H2,(H,13,14). The predicted octanol–water partition coefficient (Wildman–Crippen LogP) is 1.09. The van der Waals surface area contributed by atoms with Crippen molar-refractivity contribution in [3.63, 3.8) is 0 Å². The first kappa shape index (κ1) is 11.0. The van der Waals surface area contributed by atoms with Crippen molar-refractivity contribution in [1.29, 1.82) is 5.26 Å². The van der Waals surface area contributed by atoms with Crippen molar-refractivity contribution >= 4 is 5.97 Å². The minimum atomic E-state index is -0.665. The summed E-state index contributed by atoms with van der Waals surface area (Å²) in [7, 11) is 0. The molecule has 14 heavy (non-hydrogen) atoms. The molecule has 1 rings (SSSR count). The maximum Gasteiger partial charge on any atom is 0.306 e. The average molecular weight is 196 g/mol. The van der Waals surface area contributed by atoms with Crippen molar-refractivity contribution in [1.82, 2.24) is 4.90 Å². The molecule has 0 aromatic rings. The van der Waals surface area contributed by atoms with Gasteiger partial charge < -0.3 is 10.0 Å². The molecule has 78 valence electrons. The van der Waals surface area contributed by atoms with Crippen LogP contribution >= 0.6 is 0 Å². The van der Waals surface area contributed by atoms with Gasteiger partial charge in [-0.3, -0.25) is 4.79 Å². The van der Waals surface area contributed by atoms with E-state index in [0.717, 1.165) is 38.9 Å². The fraction of sp³-hybridized carbons (Fsp3) is 0.800. The Kier molecular flexibility index (Phi) is 4.41. The molecule has 1 aliphatic heterocycles. The highest BCUT2D eigenvalue weighted by Crippen LogP contribution is 2.17. The highest BCUT2D eigenvalue weighted by molar-refractivity contribution is 5.70. The van der Waals surface area contributed by atoms with E-state index < -0.39 is 5.97 Å². The largest absolute Gasteiger partial charge is 0.481 e. The van der Waals surface area contributed by atoms with Crippen LogP contribution in [0.15, 0.2) is 0 Å². The van der Waals surface area contributed by atoms with Crippen LogP contribution in [0.3, 0.4) is 0 Å². The number of likely N-dealkylation sites (tertiary alicyclic amines) is 1. The number of hydrogen-bond acceptors (Lipinski definition) is 3. The summed E-state index contributed by atoms with van der Waals surface area (Å²) >= 11 is 0. The van der Waals surface area contributed by atoms with Crippen LogP contribution in [-0.4, -0.2) is 35.6 Å². The summed E-state index contributed by atoms with van der Waals surface area (Å²) in [6, 6.07) is 2.11. The predicted molar refractivity (Wildman–Crippen MR) is 51.6 cm³/mol. The molecule has 0 aromatic carbocycles. The smallest absolute Gasteiger partial charge is 0.306 e. The molecular formula is C10H16N2O2. The number of carboxylic acids is 1. The van der Waals surface area contributed by atoms with Crippen molar-refractivity contribution in [2.24, 2.45) is 5.92 Å². The van der Waals surface area contributed by atoms with Crippen LogP contribution in [0.5, 0.6) is 0 Å². The number of hydrogen-bond donors (Lipinski definition) is 1. The molecule has 1 saturated heterocycles. The average Bonchev–Trinajstić information content (AvgIpc) is 2.19. The van der Waals surface area contributed by atoms with E-state index in [1.807, 2.05) is 0 Å². The van der Waals surface area contributed by atoms with Gasteiger partial charge in [-0.2, -0.15) is 5.26 Å². The van der Waals surface area contributed by atoms with Crippen molar-refractivity contribution in [3.8, 4) is 6.07 Å². The normalized spacial score (nSPS) is 19.1. The zero-order valence-electron chi connectivity index (χ0n) is 8.28. The van der Waals surface area contributed by atoms with Crippen LogP contribution in [0.2, 0.25) is 0 Å². The Morgan fingerprint density at radius 1 is 1.50 bits per heavy atom. The molecule has 4 nitrogen and oxygen atoms in total. The Balaban J connectivity index is 2.16. The molecule has 0 bridgehead atoms. The molecule has 0 amide bonds. The quantitative estimate of drug-likeness (QED) is 0.683. The summed E-state index contributed by atoms with van der Waals surface area (Å²) in [4.78, 5) is 12.9. The zero-order chi connectivity index (χ0) is 10.4. The first-order chi connectivity index (χ1) is 6.74.